The van der Waals surface area contributed by atoms with Gasteiger partial charge in [-0.2, -0.15) is 0 Å². The first-order chi connectivity index (χ1) is 15.5. The second kappa shape index (κ2) is 9.35. The van der Waals surface area contributed by atoms with Crippen LogP contribution in [0.1, 0.15) is 41.3 Å². The number of hydrogen-bond donors (Lipinski definition) is 1. The van der Waals surface area contributed by atoms with E-state index in [0.29, 0.717) is 18.7 Å². The van der Waals surface area contributed by atoms with E-state index in [4.69, 9.17) is 0 Å². The summed E-state index contributed by atoms with van der Waals surface area (Å²) in [6, 6.07) is 25.4. The van der Waals surface area contributed by atoms with E-state index in [1.54, 1.807) is 4.90 Å². The first kappa shape index (κ1) is 21.8. The molecule has 3 aromatic rings. The molecule has 1 unspecified atom stereocenters. The van der Waals surface area contributed by atoms with Crippen LogP contribution in [0.3, 0.4) is 0 Å². The molecule has 4 nitrogen and oxygen atoms in total. The Kier molecular flexibility index (Phi) is 6.35. The van der Waals surface area contributed by atoms with Gasteiger partial charge in [-0.15, -0.1) is 0 Å². The number of likely N-dealkylation sites (tertiary alicyclic amines) is 1. The molecule has 5 heteroatoms. The lowest BCUT2D eigenvalue weighted by atomic mass is 9.83. The molecule has 1 heterocycles. The Balaban J connectivity index is 1.53. The van der Waals surface area contributed by atoms with Gasteiger partial charge in [0, 0.05) is 18.7 Å². The van der Waals surface area contributed by atoms with Crippen molar-refractivity contribution in [1.82, 2.24) is 10.2 Å². The van der Waals surface area contributed by atoms with Gasteiger partial charge >= 0.3 is 0 Å². The van der Waals surface area contributed by atoms with Gasteiger partial charge in [0.05, 0.1) is 11.5 Å². The maximum Gasteiger partial charge on any atom is 0.253 e. The number of amides is 2. The molecule has 1 saturated heterocycles. The zero-order valence-electron chi connectivity index (χ0n) is 18.1. The quantitative estimate of drug-likeness (QED) is 0.635. The van der Waals surface area contributed by atoms with Crippen LogP contribution in [0, 0.1) is 11.7 Å². The highest BCUT2D eigenvalue weighted by atomic mass is 19.1. The molecule has 32 heavy (non-hydrogen) atoms. The Morgan fingerprint density at radius 3 is 2.03 bits per heavy atom. The van der Waals surface area contributed by atoms with Crippen LogP contribution in [0.5, 0.6) is 0 Å². The highest BCUT2D eigenvalue weighted by molar-refractivity contribution is 5.94. The molecular formula is C27H27FN2O2. The number of hydrogen-bond acceptors (Lipinski definition) is 2. The van der Waals surface area contributed by atoms with Gasteiger partial charge in [0.25, 0.3) is 5.91 Å². The summed E-state index contributed by atoms with van der Waals surface area (Å²) in [5.74, 6) is -0.924. The molecule has 0 bridgehead atoms. The summed E-state index contributed by atoms with van der Waals surface area (Å²) in [5.41, 5.74) is 1.73. The Hall–Kier alpha value is -3.47. The minimum Gasteiger partial charge on any atom is -0.342 e. The molecule has 0 aromatic heterocycles. The Morgan fingerprint density at radius 1 is 0.906 bits per heavy atom. The number of halogens is 1. The minimum absolute atomic E-state index is 0.0724. The lowest BCUT2D eigenvalue weighted by Gasteiger charge is -2.37. The summed E-state index contributed by atoms with van der Waals surface area (Å²) in [7, 11) is 0. The molecular weight excluding hydrogens is 403 g/mol. The van der Waals surface area contributed by atoms with Crippen molar-refractivity contribution in [3.63, 3.8) is 0 Å². The SMILES string of the molecule is CC(NC(=O)C1CCCN(C(=O)c2ccc(F)cc2)C1)(c1ccccc1)c1ccccc1. The van der Waals surface area contributed by atoms with Gasteiger partial charge in [-0.1, -0.05) is 60.7 Å². The van der Waals surface area contributed by atoms with E-state index in [1.807, 2.05) is 67.6 Å². The summed E-state index contributed by atoms with van der Waals surface area (Å²) < 4.78 is 13.2. The van der Waals surface area contributed by atoms with Gasteiger partial charge in [-0.25, -0.2) is 4.39 Å². The van der Waals surface area contributed by atoms with Crippen LogP contribution < -0.4 is 5.32 Å². The van der Waals surface area contributed by atoms with Crippen molar-refractivity contribution in [1.29, 1.82) is 0 Å². The van der Waals surface area contributed by atoms with E-state index in [1.165, 1.54) is 24.3 Å². The highest BCUT2D eigenvalue weighted by Crippen LogP contribution is 2.30. The largest absolute Gasteiger partial charge is 0.342 e. The molecule has 1 aliphatic heterocycles. The smallest absolute Gasteiger partial charge is 0.253 e. The lowest BCUT2D eigenvalue weighted by molar-refractivity contribution is -0.127. The number of piperidine rings is 1. The van der Waals surface area contributed by atoms with Crippen molar-refractivity contribution in [2.75, 3.05) is 13.1 Å². The number of benzene rings is 3. The Bertz CT molecular complexity index is 1030. The van der Waals surface area contributed by atoms with Crippen molar-refractivity contribution in [2.45, 2.75) is 25.3 Å². The molecule has 0 radical (unpaired) electrons. The second-order valence-electron chi connectivity index (χ2n) is 8.44. The van der Waals surface area contributed by atoms with E-state index < -0.39 is 5.54 Å². The van der Waals surface area contributed by atoms with Crippen LogP contribution in [0.15, 0.2) is 84.9 Å². The van der Waals surface area contributed by atoms with Gasteiger partial charge in [0.15, 0.2) is 0 Å². The van der Waals surface area contributed by atoms with Gasteiger partial charge in [0.2, 0.25) is 5.91 Å². The van der Waals surface area contributed by atoms with Crippen molar-refractivity contribution in [2.24, 2.45) is 5.92 Å². The van der Waals surface area contributed by atoms with Gasteiger partial charge < -0.3 is 10.2 Å². The Morgan fingerprint density at radius 2 is 1.47 bits per heavy atom. The third-order valence-corrected chi connectivity index (χ3v) is 6.25. The molecule has 0 spiro atoms. The minimum atomic E-state index is -0.692. The first-order valence-electron chi connectivity index (χ1n) is 11.0. The van der Waals surface area contributed by atoms with Gasteiger partial charge in [-0.05, 0) is 55.2 Å². The van der Waals surface area contributed by atoms with Crippen molar-refractivity contribution in [3.8, 4) is 0 Å². The number of rotatable bonds is 5. The van der Waals surface area contributed by atoms with Crippen LogP contribution in [0.2, 0.25) is 0 Å². The molecule has 4 rings (SSSR count). The van der Waals surface area contributed by atoms with E-state index in [0.717, 1.165) is 24.0 Å². The van der Waals surface area contributed by atoms with Crippen LogP contribution in [-0.2, 0) is 10.3 Å². The molecule has 1 N–H and O–H groups in total. The number of nitrogens with zero attached hydrogens (tertiary/aromatic N) is 1. The zero-order chi connectivity index (χ0) is 22.6. The molecule has 1 fully saturated rings. The van der Waals surface area contributed by atoms with E-state index >= 15 is 0 Å². The Labute approximate surface area is 188 Å². The molecule has 2 amide bonds. The molecule has 0 aliphatic carbocycles. The third-order valence-electron chi connectivity index (χ3n) is 6.25. The van der Waals surface area contributed by atoms with Crippen LogP contribution in [-0.4, -0.2) is 29.8 Å². The zero-order valence-corrected chi connectivity index (χ0v) is 18.1. The van der Waals surface area contributed by atoms with Crippen molar-refractivity contribution >= 4 is 11.8 Å². The van der Waals surface area contributed by atoms with E-state index in [9.17, 15) is 14.0 Å². The van der Waals surface area contributed by atoms with E-state index in [-0.39, 0.29) is 23.5 Å². The van der Waals surface area contributed by atoms with Gasteiger partial charge in [0.1, 0.15) is 5.82 Å². The average molecular weight is 431 g/mol. The molecule has 3 aromatic carbocycles. The summed E-state index contributed by atoms with van der Waals surface area (Å²) in [6.45, 7) is 2.95. The highest BCUT2D eigenvalue weighted by Gasteiger charge is 2.35. The fourth-order valence-corrected chi connectivity index (χ4v) is 4.35. The number of carbonyl (C=O) groups excluding carboxylic acids is 2. The fraction of sp³-hybridized carbons (Fsp3) is 0.259. The van der Waals surface area contributed by atoms with Crippen LogP contribution in [0.25, 0.3) is 0 Å². The standard InChI is InChI=1S/C27H27FN2O2/c1-27(22-10-4-2-5-11-22,23-12-6-3-7-13-23)29-25(31)21-9-8-18-30(19-21)26(32)20-14-16-24(28)17-15-20/h2-7,10-17,21H,8-9,18-19H2,1H3,(H,29,31). The van der Waals surface area contributed by atoms with E-state index in [2.05, 4.69) is 5.32 Å². The second-order valence-corrected chi connectivity index (χ2v) is 8.44. The average Bonchev–Trinajstić information content (AvgIpc) is 2.85. The summed E-state index contributed by atoms with van der Waals surface area (Å²) in [6.07, 6.45) is 1.47. The van der Waals surface area contributed by atoms with Crippen LogP contribution >= 0.6 is 0 Å². The molecule has 1 aliphatic rings. The summed E-state index contributed by atoms with van der Waals surface area (Å²) in [5, 5.41) is 3.28. The lowest BCUT2D eigenvalue weighted by Crippen LogP contribution is -2.51. The predicted octanol–water partition coefficient (Wildman–Crippen LogP) is 4.76. The van der Waals surface area contributed by atoms with Crippen LogP contribution in [0.4, 0.5) is 4.39 Å². The third kappa shape index (κ3) is 4.57. The number of nitrogens with one attached hydrogen (secondary N) is 1. The molecule has 1 atom stereocenters. The fourth-order valence-electron chi connectivity index (χ4n) is 4.35. The maximum atomic E-state index is 13.4. The normalized spacial score (nSPS) is 16.4. The van der Waals surface area contributed by atoms with Crippen molar-refractivity contribution in [3.05, 3.63) is 107 Å². The monoisotopic (exact) mass is 430 g/mol. The topological polar surface area (TPSA) is 49.4 Å². The maximum absolute atomic E-state index is 13.4. The van der Waals surface area contributed by atoms with Gasteiger partial charge in [-0.3, -0.25) is 9.59 Å². The first-order valence-corrected chi connectivity index (χ1v) is 11.0. The number of carbonyl (C=O) groups is 2. The molecule has 164 valence electrons. The van der Waals surface area contributed by atoms with Crippen molar-refractivity contribution < 1.29 is 14.0 Å². The predicted molar refractivity (Wildman–Crippen MR) is 123 cm³/mol. The molecule has 0 saturated carbocycles. The summed E-state index contributed by atoms with van der Waals surface area (Å²) >= 11 is 0. The summed E-state index contributed by atoms with van der Waals surface area (Å²) in [4.78, 5) is 28.0.